The van der Waals surface area contributed by atoms with Crippen LogP contribution in [0.15, 0.2) is 25.7 Å². The summed E-state index contributed by atoms with van der Waals surface area (Å²) >= 11 is 10.8. The van der Waals surface area contributed by atoms with Crippen LogP contribution in [0.25, 0.3) is 10.9 Å². The van der Waals surface area contributed by atoms with Gasteiger partial charge in [0, 0.05) is 27.9 Å². The summed E-state index contributed by atoms with van der Waals surface area (Å²) < 4.78 is 5.22. The number of nitrogens with one attached hydrogen (secondary N) is 2. The van der Waals surface area contributed by atoms with Gasteiger partial charge in [-0.1, -0.05) is 13.8 Å². The van der Waals surface area contributed by atoms with Gasteiger partial charge in [-0.3, -0.25) is 4.79 Å². The maximum absolute atomic E-state index is 12.3. The van der Waals surface area contributed by atoms with E-state index in [0.29, 0.717) is 12.5 Å². The number of aryl methyl sites for hydroxylation is 1. The zero-order valence-electron chi connectivity index (χ0n) is 14.9. The van der Waals surface area contributed by atoms with Gasteiger partial charge in [0.15, 0.2) is 0 Å². The fourth-order valence-electron chi connectivity index (χ4n) is 2.97. The van der Waals surface area contributed by atoms with Gasteiger partial charge < -0.3 is 15.2 Å². The molecule has 0 spiro atoms. The molecule has 2 N–H and O–H groups in total. The molecule has 1 aromatic carbocycles. The molecule has 7 heteroatoms. The minimum atomic E-state index is -0.138. The Balaban J connectivity index is 2.12. The average Bonchev–Trinajstić information content (AvgIpc) is 2.77. The van der Waals surface area contributed by atoms with E-state index in [4.69, 9.17) is 0 Å². The highest BCUT2D eigenvalue weighted by Gasteiger charge is 2.18. The smallest absolute Gasteiger partial charge is 0.237 e. The Kier molecular flexibility index (Phi) is 7.55. The molecule has 0 unspecified atom stereocenters. The van der Waals surface area contributed by atoms with E-state index in [1.807, 2.05) is 14.1 Å². The molecule has 4 nitrogen and oxygen atoms in total. The molecule has 0 radical (unpaired) electrons. The minimum Gasteiger partial charge on any atom is -0.354 e. The van der Waals surface area contributed by atoms with Crippen LogP contribution in [0.1, 0.15) is 25.8 Å². The number of amides is 1. The van der Waals surface area contributed by atoms with E-state index >= 15 is 0 Å². The second-order valence-electron chi connectivity index (χ2n) is 6.62. The number of aromatic nitrogens is 1. The van der Waals surface area contributed by atoms with Crippen LogP contribution in [-0.4, -0.2) is 30.1 Å². The molecule has 0 aliphatic heterocycles. The van der Waals surface area contributed by atoms with Crippen molar-refractivity contribution in [2.75, 3.05) is 13.6 Å². The summed E-state index contributed by atoms with van der Waals surface area (Å²) in [5.74, 6) is 0.544. The molecular weight excluding hydrogens is 514 g/mol. The maximum atomic E-state index is 12.3. The highest BCUT2D eigenvalue weighted by Crippen LogP contribution is 2.35. The van der Waals surface area contributed by atoms with Crippen molar-refractivity contribution in [3.05, 3.63) is 31.2 Å². The molecule has 1 heterocycles. The van der Waals surface area contributed by atoms with E-state index in [-0.39, 0.29) is 11.9 Å². The molecule has 0 saturated heterocycles. The lowest BCUT2D eigenvalue weighted by Crippen LogP contribution is -2.44. The number of fused-ring (bicyclic) bond motifs is 1. The topological polar surface area (TPSA) is 46.1 Å². The molecule has 0 aliphatic rings. The Labute approximate surface area is 174 Å². The largest absolute Gasteiger partial charge is 0.354 e. The fourth-order valence-corrected chi connectivity index (χ4v) is 4.25. The number of hydrogen-bond donors (Lipinski definition) is 2. The molecule has 2 aromatic rings. The third-order valence-electron chi connectivity index (χ3n) is 4.31. The second-order valence-corrected chi connectivity index (χ2v) is 9.08. The van der Waals surface area contributed by atoms with Gasteiger partial charge in [-0.15, -0.1) is 0 Å². The number of hydrogen-bond acceptors (Lipinski definition) is 2. The summed E-state index contributed by atoms with van der Waals surface area (Å²) in [4.78, 5) is 12.3. The Morgan fingerprint density at radius 2 is 1.84 bits per heavy atom. The summed E-state index contributed by atoms with van der Waals surface area (Å²) in [5, 5.41) is 7.35. The molecule has 0 fully saturated rings. The van der Waals surface area contributed by atoms with Crippen molar-refractivity contribution in [1.82, 2.24) is 15.2 Å². The number of carbonyl (C=O) groups excluding carboxylic acids is 1. The first-order valence-corrected chi connectivity index (χ1v) is 10.7. The van der Waals surface area contributed by atoms with Crippen molar-refractivity contribution < 1.29 is 4.79 Å². The first-order chi connectivity index (χ1) is 11.8. The maximum Gasteiger partial charge on any atom is 0.237 e. The number of carbonyl (C=O) groups is 1. The molecule has 2 rings (SSSR count). The third kappa shape index (κ3) is 4.87. The zero-order chi connectivity index (χ0) is 18.7. The highest BCUT2D eigenvalue weighted by molar-refractivity contribution is 9.13. The third-order valence-corrected chi connectivity index (χ3v) is 7.17. The van der Waals surface area contributed by atoms with Crippen molar-refractivity contribution in [1.29, 1.82) is 0 Å². The van der Waals surface area contributed by atoms with Crippen molar-refractivity contribution >= 4 is 64.6 Å². The molecule has 1 amide bonds. The molecule has 1 atom stereocenters. The molecule has 138 valence electrons. The van der Waals surface area contributed by atoms with Crippen LogP contribution in [0, 0.1) is 5.92 Å². The van der Waals surface area contributed by atoms with E-state index < -0.39 is 0 Å². The molecular formula is C18H24Br3N3O. The van der Waals surface area contributed by atoms with Crippen molar-refractivity contribution in [3.63, 3.8) is 0 Å². The van der Waals surface area contributed by atoms with Gasteiger partial charge in [-0.05, 0) is 91.3 Å². The van der Waals surface area contributed by atoms with E-state index in [0.717, 1.165) is 31.9 Å². The fraction of sp³-hybridized carbons (Fsp3) is 0.500. The van der Waals surface area contributed by atoms with Gasteiger partial charge >= 0.3 is 0 Å². The Hall–Kier alpha value is -0.370. The van der Waals surface area contributed by atoms with Crippen molar-refractivity contribution in [2.45, 2.75) is 32.7 Å². The molecule has 0 saturated carbocycles. The molecule has 0 aliphatic carbocycles. The number of rotatable bonds is 7. The van der Waals surface area contributed by atoms with Crippen LogP contribution >= 0.6 is 47.8 Å². The molecule has 25 heavy (non-hydrogen) atoms. The van der Waals surface area contributed by atoms with Gasteiger partial charge in [-0.2, -0.15) is 0 Å². The van der Waals surface area contributed by atoms with Crippen LogP contribution < -0.4 is 10.6 Å². The van der Waals surface area contributed by atoms with Crippen LogP contribution in [0.3, 0.4) is 0 Å². The Morgan fingerprint density at radius 1 is 1.20 bits per heavy atom. The van der Waals surface area contributed by atoms with Crippen molar-refractivity contribution in [3.8, 4) is 0 Å². The molecule has 0 bridgehead atoms. The van der Waals surface area contributed by atoms with Crippen LogP contribution in [0.4, 0.5) is 0 Å². The number of halogens is 3. The lowest BCUT2D eigenvalue weighted by molar-refractivity contribution is -0.123. The summed E-state index contributed by atoms with van der Waals surface area (Å²) in [6.45, 7) is 4.86. The minimum absolute atomic E-state index is 0.0662. The summed E-state index contributed by atoms with van der Waals surface area (Å²) in [5.41, 5.74) is 2.35. The average molecular weight is 538 g/mol. The SMILES string of the molecule is CN[C@@H](CC(C)C)C(=O)NCCc1c(Br)n(C)c2cc(Br)c(Br)cc12. The predicted molar refractivity (Wildman–Crippen MR) is 115 cm³/mol. The van der Waals surface area contributed by atoms with Gasteiger partial charge in [0.1, 0.15) is 0 Å². The number of benzene rings is 1. The van der Waals surface area contributed by atoms with Crippen LogP contribution in [0.2, 0.25) is 0 Å². The van der Waals surface area contributed by atoms with Gasteiger partial charge in [0.2, 0.25) is 5.91 Å². The van der Waals surface area contributed by atoms with Gasteiger partial charge in [0.25, 0.3) is 0 Å². The summed E-state index contributed by atoms with van der Waals surface area (Å²) in [7, 11) is 3.87. The van der Waals surface area contributed by atoms with E-state index in [1.165, 1.54) is 10.9 Å². The number of likely N-dealkylation sites (N-methyl/N-ethyl adjacent to an activating group) is 1. The zero-order valence-corrected chi connectivity index (χ0v) is 19.7. The standard InChI is InChI=1S/C18H24Br3N3O/c1-10(2)7-15(22-3)18(25)23-6-5-11-12-8-13(19)14(20)9-16(12)24(4)17(11)21/h8-10,15,22H,5-7H2,1-4H3,(H,23,25)/t15-/m0/s1. The van der Waals surface area contributed by atoms with Gasteiger partial charge in [-0.25, -0.2) is 0 Å². The molecule has 1 aromatic heterocycles. The normalized spacial score (nSPS) is 12.8. The lowest BCUT2D eigenvalue weighted by Gasteiger charge is -2.17. The van der Waals surface area contributed by atoms with E-state index in [2.05, 4.69) is 89.0 Å². The quantitative estimate of drug-likeness (QED) is 0.535. The lowest BCUT2D eigenvalue weighted by atomic mass is 10.0. The number of nitrogens with zero attached hydrogens (tertiary/aromatic N) is 1. The predicted octanol–water partition coefficient (Wildman–Crippen LogP) is 4.76. The van der Waals surface area contributed by atoms with Crippen molar-refractivity contribution in [2.24, 2.45) is 13.0 Å². The first kappa shape index (κ1) is 20.9. The van der Waals surface area contributed by atoms with Gasteiger partial charge in [0.05, 0.1) is 16.2 Å². The summed E-state index contributed by atoms with van der Waals surface area (Å²) in [6.07, 6.45) is 1.61. The Morgan fingerprint density at radius 3 is 2.44 bits per heavy atom. The highest BCUT2D eigenvalue weighted by atomic mass is 79.9. The monoisotopic (exact) mass is 535 g/mol. The van der Waals surface area contributed by atoms with E-state index in [1.54, 1.807) is 0 Å². The van der Waals surface area contributed by atoms with E-state index in [9.17, 15) is 4.79 Å². The first-order valence-electron chi connectivity index (χ1n) is 8.33. The Bertz CT molecular complexity index is 771. The summed E-state index contributed by atoms with van der Waals surface area (Å²) in [6, 6.07) is 4.09. The second kappa shape index (κ2) is 9.02. The van der Waals surface area contributed by atoms with Crippen LogP contribution in [-0.2, 0) is 18.3 Å². The van der Waals surface area contributed by atoms with Crippen LogP contribution in [0.5, 0.6) is 0 Å².